The highest BCUT2D eigenvalue weighted by atomic mass is 16.2. The van der Waals surface area contributed by atoms with E-state index in [-0.39, 0.29) is 12.1 Å². The third-order valence-electron chi connectivity index (χ3n) is 4.10. The number of carbonyl (C=O) groups is 1. The maximum atomic E-state index is 12.3. The predicted molar refractivity (Wildman–Crippen MR) is 83.4 cm³/mol. The van der Waals surface area contributed by atoms with Crippen molar-refractivity contribution in [1.82, 2.24) is 25.2 Å². The summed E-state index contributed by atoms with van der Waals surface area (Å²) in [6, 6.07) is 3.94. The van der Waals surface area contributed by atoms with E-state index >= 15 is 0 Å². The second-order valence-corrected chi connectivity index (χ2v) is 5.74. The Morgan fingerprint density at radius 2 is 2.18 bits per heavy atom. The summed E-state index contributed by atoms with van der Waals surface area (Å²) in [5, 5.41) is 3.05. The van der Waals surface area contributed by atoms with Gasteiger partial charge in [0.25, 0.3) is 0 Å². The molecule has 0 aliphatic carbocycles. The molecule has 0 radical (unpaired) electrons. The number of carbonyl (C=O) groups excluding carboxylic acids is 1. The van der Waals surface area contributed by atoms with Crippen LogP contribution in [0.15, 0.2) is 30.7 Å². The molecule has 1 fully saturated rings. The van der Waals surface area contributed by atoms with E-state index in [4.69, 9.17) is 0 Å². The van der Waals surface area contributed by atoms with E-state index in [0.29, 0.717) is 5.92 Å². The Balaban J connectivity index is 1.55. The second-order valence-electron chi connectivity index (χ2n) is 5.74. The van der Waals surface area contributed by atoms with Gasteiger partial charge < -0.3 is 15.2 Å². The molecule has 1 aliphatic rings. The number of urea groups is 1. The van der Waals surface area contributed by atoms with Crippen LogP contribution in [0.25, 0.3) is 0 Å². The fourth-order valence-electron chi connectivity index (χ4n) is 2.70. The summed E-state index contributed by atoms with van der Waals surface area (Å²) in [6.45, 7) is 5.51. The molecule has 0 spiro atoms. The van der Waals surface area contributed by atoms with Gasteiger partial charge in [0, 0.05) is 43.3 Å². The fraction of sp³-hybridized carbons (Fsp3) is 0.438. The van der Waals surface area contributed by atoms with Crippen molar-refractivity contribution in [2.45, 2.75) is 32.2 Å². The highest BCUT2D eigenvalue weighted by molar-refractivity contribution is 5.75. The number of amides is 2. The van der Waals surface area contributed by atoms with E-state index in [1.165, 1.54) is 5.56 Å². The molecule has 0 bridgehead atoms. The van der Waals surface area contributed by atoms with Crippen LogP contribution in [0.5, 0.6) is 0 Å². The molecule has 1 aliphatic heterocycles. The first-order valence-electron chi connectivity index (χ1n) is 7.64. The predicted octanol–water partition coefficient (Wildman–Crippen LogP) is 2.37. The number of aromatic nitrogens is 3. The van der Waals surface area contributed by atoms with E-state index in [1.807, 2.05) is 30.9 Å². The van der Waals surface area contributed by atoms with Crippen LogP contribution in [-0.2, 0) is 0 Å². The Labute approximate surface area is 130 Å². The van der Waals surface area contributed by atoms with Gasteiger partial charge in [0.1, 0.15) is 5.82 Å². The molecule has 1 unspecified atom stereocenters. The normalized spacial score (nSPS) is 16.2. The summed E-state index contributed by atoms with van der Waals surface area (Å²) in [5.41, 5.74) is 2.25. The number of H-pyrrole nitrogens is 1. The van der Waals surface area contributed by atoms with Crippen LogP contribution in [0.1, 0.15) is 42.4 Å². The van der Waals surface area contributed by atoms with Crippen molar-refractivity contribution in [3.05, 3.63) is 47.8 Å². The van der Waals surface area contributed by atoms with Crippen molar-refractivity contribution < 1.29 is 4.79 Å². The lowest BCUT2D eigenvalue weighted by atomic mass is 9.93. The van der Waals surface area contributed by atoms with Crippen LogP contribution in [0.2, 0.25) is 0 Å². The molecule has 116 valence electrons. The molecule has 1 saturated heterocycles. The van der Waals surface area contributed by atoms with Gasteiger partial charge in [0.15, 0.2) is 0 Å². The van der Waals surface area contributed by atoms with Crippen molar-refractivity contribution in [2.75, 3.05) is 13.1 Å². The van der Waals surface area contributed by atoms with Crippen molar-refractivity contribution in [1.29, 1.82) is 0 Å². The summed E-state index contributed by atoms with van der Waals surface area (Å²) in [7, 11) is 0. The van der Waals surface area contributed by atoms with Gasteiger partial charge >= 0.3 is 6.03 Å². The van der Waals surface area contributed by atoms with Crippen molar-refractivity contribution in [2.24, 2.45) is 0 Å². The first-order valence-corrected chi connectivity index (χ1v) is 7.64. The van der Waals surface area contributed by atoms with Crippen molar-refractivity contribution in [3.8, 4) is 0 Å². The Bertz CT molecular complexity index is 633. The number of nitrogens with zero attached hydrogens (tertiary/aromatic N) is 3. The quantitative estimate of drug-likeness (QED) is 0.910. The SMILES string of the molecule is CCC(NC(=O)N1CC(c2ccncc2)C1)c1ncc(C)[nH]1. The average molecular weight is 299 g/mol. The lowest BCUT2D eigenvalue weighted by Gasteiger charge is -2.40. The molecule has 22 heavy (non-hydrogen) atoms. The number of likely N-dealkylation sites (tertiary alicyclic amines) is 1. The molecule has 6 heteroatoms. The number of pyridine rings is 1. The lowest BCUT2D eigenvalue weighted by Crippen LogP contribution is -2.53. The van der Waals surface area contributed by atoms with Gasteiger partial charge in [-0.1, -0.05) is 6.92 Å². The van der Waals surface area contributed by atoms with Crippen LogP contribution < -0.4 is 5.32 Å². The minimum absolute atomic E-state index is 0.0220. The Kier molecular flexibility index (Phi) is 4.09. The average Bonchev–Trinajstić information content (AvgIpc) is 2.91. The van der Waals surface area contributed by atoms with Crippen LogP contribution in [0.3, 0.4) is 0 Å². The third kappa shape index (κ3) is 2.95. The molecule has 3 heterocycles. The number of imidazole rings is 1. The molecule has 2 N–H and O–H groups in total. The monoisotopic (exact) mass is 299 g/mol. The van der Waals surface area contributed by atoms with Crippen molar-refractivity contribution in [3.63, 3.8) is 0 Å². The molecular weight excluding hydrogens is 278 g/mol. The molecule has 2 amide bonds. The molecular formula is C16H21N5O. The van der Waals surface area contributed by atoms with Crippen LogP contribution in [-0.4, -0.2) is 39.0 Å². The van der Waals surface area contributed by atoms with Crippen LogP contribution in [0, 0.1) is 6.92 Å². The van der Waals surface area contributed by atoms with Gasteiger partial charge in [-0.3, -0.25) is 4.98 Å². The topological polar surface area (TPSA) is 73.9 Å². The second kappa shape index (κ2) is 6.17. The van der Waals surface area contributed by atoms with E-state index < -0.39 is 0 Å². The summed E-state index contributed by atoms with van der Waals surface area (Å²) >= 11 is 0. The standard InChI is InChI=1S/C16H21N5O/c1-3-14(15-18-8-11(2)19-15)20-16(22)21-9-13(10-21)12-4-6-17-7-5-12/h4-8,13-14H,3,9-10H2,1-2H3,(H,18,19)(H,20,22). The number of rotatable bonds is 4. The zero-order valence-electron chi connectivity index (χ0n) is 12.9. The zero-order valence-corrected chi connectivity index (χ0v) is 12.9. The van der Waals surface area contributed by atoms with Crippen molar-refractivity contribution >= 4 is 6.03 Å². The number of aryl methyl sites for hydroxylation is 1. The number of aromatic amines is 1. The summed E-state index contributed by atoms with van der Waals surface area (Å²) < 4.78 is 0. The molecule has 0 saturated carbocycles. The maximum absolute atomic E-state index is 12.3. The molecule has 0 aromatic carbocycles. The molecule has 1 atom stereocenters. The van der Waals surface area contributed by atoms with Gasteiger partial charge in [0.05, 0.1) is 6.04 Å². The number of hydrogen-bond acceptors (Lipinski definition) is 3. The van der Waals surface area contributed by atoms with E-state index in [2.05, 4.69) is 20.3 Å². The Morgan fingerprint density at radius 3 is 2.77 bits per heavy atom. The fourth-order valence-corrected chi connectivity index (χ4v) is 2.70. The Morgan fingerprint density at radius 1 is 1.45 bits per heavy atom. The minimum Gasteiger partial charge on any atom is -0.344 e. The first kappa shape index (κ1) is 14.6. The lowest BCUT2D eigenvalue weighted by molar-refractivity contribution is 0.147. The highest BCUT2D eigenvalue weighted by Crippen LogP contribution is 2.27. The highest BCUT2D eigenvalue weighted by Gasteiger charge is 2.32. The number of nitrogens with one attached hydrogen (secondary N) is 2. The minimum atomic E-state index is -0.0684. The van der Waals surface area contributed by atoms with E-state index in [0.717, 1.165) is 31.0 Å². The third-order valence-corrected chi connectivity index (χ3v) is 4.10. The molecule has 3 rings (SSSR count). The van der Waals surface area contributed by atoms with Gasteiger partial charge in [0.2, 0.25) is 0 Å². The van der Waals surface area contributed by atoms with Gasteiger partial charge in [-0.2, -0.15) is 0 Å². The Hall–Kier alpha value is -2.37. The van der Waals surface area contributed by atoms with Crippen LogP contribution >= 0.6 is 0 Å². The van der Waals surface area contributed by atoms with Gasteiger partial charge in [-0.15, -0.1) is 0 Å². The largest absolute Gasteiger partial charge is 0.344 e. The summed E-state index contributed by atoms with van der Waals surface area (Å²) in [6.07, 6.45) is 6.18. The van der Waals surface area contributed by atoms with Crippen LogP contribution in [0.4, 0.5) is 4.79 Å². The van der Waals surface area contributed by atoms with Gasteiger partial charge in [-0.05, 0) is 31.0 Å². The molecule has 6 nitrogen and oxygen atoms in total. The zero-order chi connectivity index (χ0) is 15.5. The van der Waals surface area contributed by atoms with E-state index in [9.17, 15) is 4.79 Å². The maximum Gasteiger partial charge on any atom is 0.318 e. The smallest absolute Gasteiger partial charge is 0.318 e. The molecule has 2 aromatic heterocycles. The van der Waals surface area contributed by atoms with Gasteiger partial charge in [-0.25, -0.2) is 9.78 Å². The summed E-state index contributed by atoms with van der Waals surface area (Å²) in [4.78, 5) is 25.7. The van der Waals surface area contributed by atoms with E-state index in [1.54, 1.807) is 18.6 Å². The first-order chi connectivity index (χ1) is 10.7. The number of hydrogen-bond donors (Lipinski definition) is 2. The molecule has 2 aromatic rings. The summed E-state index contributed by atoms with van der Waals surface area (Å²) in [5.74, 6) is 1.24.